The Morgan fingerprint density at radius 3 is 1.89 bits per heavy atom. The number of fused-ring (bicyclic) bond motifs is 4. The standard InChI is InChI=1S/C68H63NO/c1-45-29-39-59(65-54(45)24-18-25-56(65)51-41-52(66(2,3)4)44-68(8,43-51)67(5,6)7)57-22-13-16-27-62(57)69(61-26-15-12-21-55(61)49-32-30-47(31-33-49)46-19-10-9-11-20-46)53-37-34-48(35-38-53)50-36-40-64-60(42-50)58-23-14-17-28-63(58)70-64/h9-43,45,54H,44H2,1-8H3. The highest BCUT2D eigenvalue weighted by molar-refractivity contribution is 6.06. The van der Waals surface area contributed by atoms with Crippen LogP contribution in [0.2, 0.25) is 0 Å². The molecule has 70 heavy (non-hydrogen) atoms. The zero-order valence-corrected chi connectivity index (χ0v) is 41.9. The van der Waals surface area contributed by atoms with Crippen LogP contribution in [0.4, 0.5) is 17.1 Å². The Kier molecular flexibility index (Phi) is 11.3. The van der Waals surface area contributed by atoms with Gasteiger partial charge in [0.25, 0.3) is 0 Å². The van der Waals surface area contributed by atoms with Gasteiger partial charge >= 0.3 is 0 Å². The minimum absolute atomic E-state index is 0.0179. The number of allylic oxidation sites excluding steroid dienone is 12. The van der Waals surface area contributed by atoms with Crippen LogP contribution in [0.15, 0.2) is 239 Å². The Hall–Kier alpha value is -7.42. The molecule has 346 valence electrons. The molecule has 3 aliphatic carbocycles. The predicted octanol–water partition coefficient (Wildman–Crippen LogP) is 19.5. The molecule has 1 aromatic heterocycles. The second-order valence-corrected chi connectivity index (χ2v) is 22.1. The van der Waals surface area contributed by atoms with Crippen molar-refractivity contribution in [1.29, 1.82) is 0 Å². The van der Waals surface area contributed by atoms with E-state index < -0.39 is 0 Å². The van der Waals surface area contributed by atoms with Crippen molar-refractivity contribution >= 4 is 44.6 Å². The van der Waals surface area contributed by atoms with Gasteiger partial charge in [-0.25, -0.2) is 0 Å². The summed E-state index contributed by atoms with van der Waals surface area (Å²) in [5, 5.41) is 2.27. The Morgan fingerprint density at radius 2 is 1.16 bits per heavy atom. The molecule has 0 spiro atoms. The SMILES string of the molecule is CC1C=CC(c2ccccc2N(c2ccc(-c3ccc4oc5ccccc5c4c3)cc2)c2ccccc2-c2ccc(-c3ccccc3)cc2)=C2C(C3=CC(C)(C(C)(C)C)CC(C(C)(C)C)=C3)=CC=CC21. The first-order valence-corrected chi connectivity index (χ1v) is 25.2. The minimum Gasteiger partial charge on any atom is -0.456 e. The lowest BCUT2D eigenvalue weighted by molar-refractivity contribution is 0.156. The Labute approximate surface area is 415 Å². The van der Waals surface area contributed by atoms with E-state index in [1.54, 1.807) is 0 Å². The van der Waals surface area contributed by atoms with Gasteiger partial charge in [0, 0.05) is 33.5 Å². The summed E-state index contributed by atoms with van der Waals surface area (Å²) in [7, 11) is 0. The van der Waals surface area contributed by atoms with E-state index >= 15 is 0 Å². The molecule has 3 aliphatic rings. The second kappa shape index (κ2) is 17.5. The molecule has 7 aromatic carbocycles. The lowest BCUT2D eigenvalue weighted by atomic mass is 9.58. The van der Waals surface area contributed by atoms with Crippen LogP contribution in [0.3, 0.4) is 0 Å². The van der Waals surface area contributed by atoms with Crippen molar-refractivity contribution in [3.05, 3.63) is 240 Å². The van der Waals surface area contributed by atoms with Crippen LogP contribution < -0.4 is 4.90 Å². The Morgan fingerprint density at radius 1 is 0.571 bits per heavy atom. The van der Waals surface area contributed by atoms with E-state index in [1.165, 1.54) is 50.1 Å². The third kappa shape index (κ3) is 8.14. The van der Waals surface area contributed by atoms with Gasteiger partial charge in [-0.1, -0.05) is 231 Å². The highest BCUT2D eigenvalue weighted by Gasteiger charge is 2.42. The molecule has 0 amide bonds. The summed E-state index contributed by atoms with van der Waals surface area (Å²) in [5.74, 6) is 0.578. The van der Waals surface area contributed by atoms with Gasteiger partial charge in [0.05, 0.1) is 11.4 Å². The number of anilines is 3. The van der Waals surface area contributed by atoms with Crippen molar-refractivity contribution in [3.63, 3.8) is 0 Å². The number of para-hydroxylation sites is 3. The monoisotopic (exact) mass is 909 g/mol. The number of nitrogens with zero attached hydrogens (tertiary/aromatic N) is 1. The highest BCUT2D eigenvalue weighted by Crippen LogP contribution is 2.55. The topological polar surface area (TPSA) is 16.4 Å². The maximum absolute atomic E-state index is 6.22. The molecule has 8 aromatic rings. The highest BCUT2D eigenvalue weighted by atomic mass is 16.3. The van der Waals surface area contributed by atoms with Crippen molar-refractivity contribution < 1.29 is 4.42 Å². The molecule has 0 saturated heterocycles. The van der Waals surface area contributed by atoms with Crippen LogP contribution in [0.5, 0.6) is 0 Å². The average Bonchev–Trinajstić information content (AvgIpc) is 3.75. The summed E-state index contributed by atoms with van der Waals surface area (Å²) in [5.41, 5.74) is 20.4. The van der Waals surface area contributed by atoms with Crippen LogP contribution in [0.1, 0.15) is 67.4 Å². The molecule has 2 nitrogen and oxygen atoms in total. The fourth-order valence-electron chi connectivity index (χ4n) is 10.9. The number of furan rings is 1. The second-order valence-electron chi connectivity index (χ2n) is 22.1. The fourth-order valence-corrected chi connectivity index (χ4v) is 10.9. The molecule has 11 rings (SSSR count). The van der Waals surface area contributed by atoms with Crippen LogP contribution in [-0.4, -0.2) is 0 Å². The maximum Gasteiger partial charge on any atom is 0.135 e. The van der Waals surface area contributed by atoms with E-state index in [9.17, 15) is 0 Å². The molecule has 0 bridgehead atoms. The normalized spacial score (nSPS) is 19.2. The lowest BCUT2D eigenvalue weighted by Crippen LogP contribution is -2.35. The molecule has 0 N–H and O–H groups in total. The summed E-state index contributed by atoms with van der Waals surface area (Å²) in [6.45, 7) is 19.2. The molecule has 2 heteroatoms. The summed E-state index contributed by atoms with van der Waals surface area (Å²) < 4.78 is 6.22. The molecule has 0 fully saturated rings. The fraction of sp³-hybridized carbons (Fsp3) is 0.206. The molecule has 1 heterocycles. The lowest BCUT2D eigenvalue weighted by Gasteiger charge is -2.46. The van der Waals surface area contributed by atoms with Gasteiger partial charge in [-0.3, -0.25) is 0 Å². The smallest absolute Gasteiger partial charge is 0.135 e. The van der Waals surface area contributed by atoms with Gasteiger partial charge in [-0.2, -0.15) is 0 Å². The first-order chi connectivity index (χ1) is 33.7. The number of hydrogen-bond donors (Lipinski definition) is 0. The number of benzene rings is 7. The summed E-state index contributed by atoms with van der Waals surface area (Å²) in [4.78, 5) is 2.50. The van der Waals surface area contributed by atoms with Crippen LogP contribution in [-0.2, 0) is 0 Å². The van der Waals surface area contributed by atoms with Gasteiger partial charge in [0.2, 0.25) is 0 Å². The third-order valence-electron chi connectivity index (χ3n) is 15.7. The van der Waals surface area contributed by atoms with Crippen LogP contribution >= 0.6 is 0 Å². The van der Waals surface area contributed by atoms with Gasteiger partial charge in [-0.15, -0.1) is 0 Å². The van der Waals surface area contributed by atoms with Gasteiger partial charge < -0.3 is 9.32 Å². The molecule has 0 radical (unpaired) electrons. The van der Waals surface area contributed by atoms with Gasteiger partial charge in [-0.05, 0) is 121 Å². The van der Waals surface area contributed by atoms with Gasteiger partial charge in [0.1, 0.15) is 11.2 Å². The average molecular weight is 910 g/mol. The van der Waals surface area contributed by atoms with E-state index in [2.05, 4.69) is 261 Å². The zero-order chi connectivity index (χ0) is 48.4. The largest absolute Gasteiger partial charge is 0.456 e. The van der Waals surface area contributed by atoms with E-state index in [0.29, 0.717) is 5.92 Å². The van der Waals surface area contributed by atoms with Crippen molar-refractivity contribution in [2.24, 2.45) is 28.1 Å². The van der Waals surface area contributed by atoms with Gasteiger partial charge in [0.15, 0.2) is 0 Å². The van der Waals surface area contributed by atoms with E-state index in [-0.39, 0.29) is 22.2 Å². The predicted molar refractivity (Wildman–Crippen MR) is 298 cm³/mol. The number of rotatable bonds is 8. The molecular formula is C68H63NO. The van der Waals surface area contributed by atoms with E-state index in [0.717, 1.165) is 62.1 Å². The van der Waals surface area contributed by atoms with Crippen LogP contribution in [0, 0.1) is 28.1 Å². The summed E-state index contributed by atoms with van der Waals surface area (Å²) in [6.07, 6.45) is 18.2. The van der Waals surface area contributed by atoms with Crippen molar-refractivity contribution in [2.45, 2.75) is 61.8 Å². The first kappa shape index (κ1) is 45.0. The van der Waals surface area contributed by atoms with Crippen molar-refractivity contribution in [3.8, 4) is 33.4 Å². The summed E-state index contributed by atoms with van der Waals surface area (Å²) >= 11 is 0. The van der Waals surface area contributed by atoms with E-state index in [4.69, 9.17) is 4.42 Å². The van der Waals surface area contributed by atoms with E-state index in [1.807, 2.05) is 12.1 Å². The minimum atomic E-state index is -0.0179. The Bertz CT molecular complexity index is 3480. The number of hydrogen-bond acceptors (Lipinski definition) is 2. The maximum atomic E-state index is 6.22. The molecule has 0 aliphatic heterocycles. The molecule has 3 atom stereocenters. The quantitative estimate of drug-likeness (QED) is 0.151. The van der Waals surface area contributed by atoms with Crippen LogP contribution in [0.25, 0.3) is 60.9 Å². The first-order valence-electron chi connectivity index (χ1n) is 25.2. The van der Waals surface area contributed by atoms with Crippen molar-refractivity contribution in [2.75, 3.05) is 4.90 Å². The molecule has 3 unspecified atom stereocenters. The zero-order valence-electron chi connectivity index (χ0n) is 41.9. The summed E-state index contributed by atoms with van der Waals surface area (Å²) in [6, 6.07) is 61.7. The Balaban J connectivity index is 1.09. The molecule has 0 saturated carbocycles. The molecular weight excluding hydrogens is 847 g/mol. The third-order valence-corrected chi connectivity index (χ3v) is 15.7. The van der Waals surface area contributed by atoms with Crippen molar-refractivity contribution in [1.82, 2.24) is 0 Å².